The zero-order chi connectivity index (χ0) is 10.4. The molecule has 0 heterocycles. The third-order valence-corrected chi connectivity index (χ3v) is 3.23. The second-order valence-electron chi connectivity index (χ2n) is 3.61. The summed E-state index contributed by atoms with van der Waals surface area (Å²) in [6.07, 6.45) is 0.993. The highest BCUT2D eigenvalue weighted by atomic mass is 32.2. The summed E-state index contributed by atoms with van der Waals surface area (Å²) in [5.74, 6) is 2.21. The van der Waals surface area contributed by atoms with E-state index >= 15 is 0 Å². The molecular weight excluding hydrogens is 190 g/mol. The lowest BCUT2D eigenvalue weighted by Gasteiger charge is -2.10. The molecule has 14 heavy (non-hydrogen) atoms. The summed E-state index contributed by atoms with van der Waals surface area (Å²) >= 11 is 1.91. The minimum Gasteiger partial charge on any atom is -0.327 e. The lowest BCUT2D eigenvalue weighted by Crippen LogP contribution is -2.25. The van der Waals surface area contributed by atoms with E-state index in [0.29, 0.717) is 6.04 Å². The maximum atomic E-state index is 6.01. The summed E-state index contributed by atoms with van der Waals surface area (Å²) in [4.78, 5) is 0. The monoisotopic (exact) mass is 209 g/mol. The average Bonchev–Trinajstić information content (AvgIpc) is 2.18. The van der Waals surface area contributed by atoms with Crippen molar-refractivity contribution in [2.75, 3.05) is 11.5 Å². The van der Waals surface area contributed by atoms with Gasteiger partial charge in [0, 0.05) is 11.8 Å². The normalized spacial score (nSPS) is 12.8. The van der Waals surface area contributed by atoms with Gasteiger partial charge in [-0.3, -0.25) is 0 Å². The van der Waals surface area contributed by atoms with E-state index in [1.807, 2.05) is 11.8 Å². The van der Waals surface area contributed by atoms with Crippen LogP contribution in [0, 0.1) is 6.92 Å². The summed E-state index contributed by atoms with van der Waals surface area (Å²) < 4.78 is 0. The Balaban J connectivity index is 2.39. The predicted octanol–water partition coefficient (Wildman–Crippen LogP) is 2.62. The topological polar surface area (TPSA) is 26.0 Å². The van der Waals surface area contributed by atoms with Crippen molar-refractivity contribution < 1.29 is 0 Å². The van der Waals surface area contributed by atoms with Crippen molar-refractivity contribution in [1.82, 2.24) is 0 Å². The van der Waals surface area contributed by atoms with Crippen LogP contribution in [0.1, 0.15) is 18.1 Å². The van der Waals surface area contributed by atoms with Gasteiger partial charge in [-0.15, -0.1) is 0 Å². The van der Waals surface area contributed by atoms with E-state index in [2.05, 4.69) is 38.1 Å². The Morgan fingerprint density at radius 2 is 1.93 bits per heavy atom. The molecule has 0 saturated carbocycles. The van der Waals surface area contributed by atoms with Crippen molar-refractivity contribution in [2.24, 2.45) is 5.73 Å². The first kappa shape index (κ1) is 11.6. The number of thioether (sulfide) groups is 1. The van der Waals surface area contributed by atoms with Gasteiger partial charge in [0.2, 0.25) is 0 Å². The van der Waals surface area contributed by atoms with E-state index in [1.165, 1.54) is 11.1 Å². The Morgan fingerprint density at radius 3 is 2.50 bits per heavy atom. The van der Waals surface area contributed by atoms with Crippen molar-refractivity contribution in [2.45, 2.75) is 26.3 Å². The SMILES string of the molecule is CCSCC(N)Cc1ccc(C)cc1. The zero-order valence-corrected chi connectivity index (χ0v) is 9.81. The van der Waals surface area contributed by atoms with Crippen LogP contribution in [0.15, 0.2) is 24.3 Å². The third kappa shape index (κ3) is 4.16. The van der Waals surface area contributed by atoms with E-state index in [9.17, 15) is 0 Å². The predicted molar refractivity (Wildman–Crippen MR) is 65.9 cm³/mol. The lowest BCUT2D eigenvalue weighted by atomic mass is 10.1. The molecule has 0 aliphatic carbocycles. The number of hydrogen-bond donors (Lipinski definition) is 1. The molecule has 1 aromatic rings. The van der Waals surface area contributed by atoms with Crippen LogP contribution in [0.5, 0.6) is 0 Å². The van der Waals surface area contributed by atoms with Gasteiger partial charge < -0.3 is 5.73 Å². The Kier molecular flexibility index (Phi) is 5.05. The van der Waals surface area contributed by atoms with Crippen molar-refractivity contribution in [3.8, 4) is 0 Å². The second kappa shape index (κ2) is 6.10. The number of hydrogen-bond acceptors (Lipinski definition) is 2. The maximum absolute atomic E-state index is 6.01. The minimum absolute atomic E-state index is 0.294. The highest BCUT2D eigenvalue weighted by molar-refractivity contribution is 7.99. The molecule has 0 amide bonds. The molecule has 0 aliphatic heterocycles. The Bertz CT molecular complexity index is 256. The molecule has 0 aliphatic rings. The van der Waals surface area contributed by atoms with E-state index in [-0.39, 0.29) is 0 Å². The van der Waals surface area contributed by atoms with E-state index < -0.39 is 0 Å². The fourth-order valence-corrected chi connectivity index (χ4v) is 2.01. The zero-order valence-electron chi connectivity index (χ0n) is 8.99. The van der Waals surface area contributed by atoms with Crippen molar-refractivity contribution in [3.63, 3.8) is 0 Å². The number of benzene rings is 1. The van der Waals surface area contributed by atoms with Crippen LogP contribution in [0.3, 0.4) is 0 Å². The van der Waals surface area contributed by atoms with Crippen LogP contribution in [-0.2, 0) is 6.42 Å². The van der Waals surface area contributed by atoms with Gasteiger partial charge in [0.1, 0.15) is 0 Å². The summed E-state index contributed by atoms with van der Waals surface area (Å²) in [5, 5.41) is 0. The fraction of sp³-hybridized carbons (Fsp3) is 0.500. The molecule has 2 N–H and O–H groups in total. The van der Waals surface area contributed by atoms with Gasteiger partial charge in [-0.2, -0.15) is 11.8 Å². The smallest absolute Gasteiger partial charge is 0.0171 e. The summed E-state index contributed by atoms with van der Waals surface area (Å²) in [7, 11) is 0. The molecule has 0 fully saturated rings. The molecule has 1 aromatic carbocycles. The fourth-order valence-electron chi connectivity index (χ4n) is 1.36. The van der Waals surface area contributed by atoms with Gasteiger partial charge in [0.15, 0.2) is 0 Å². The Labute approximate surface area is 91.1 Å². The molecule has 2 heteroatoms. The van der Waals surface area contributed by atoms with Crippen LogP contribution >= 0.6 is 11.8 Å². The van der Waals surface area contributed by atoms with Gasteiger partial charge >= 0.3 is 0 Å². The van der Waals surface area contributed by atoms with Gasteiger partial charge in [-0.1, -0.05) is 36.8 Å². The molecule has 0 saturated heterocycles. The van der Waals surface area contributed by atoms with Gasteiger partial charge in [-0.05, 0) is 24.7 Å². The molecule has 78 valence electrons. The minimum atomic E-state index is 0.294. The molecule has 0 spiro atoms. The van der Waals surface area contributed by atoms with Gasteiger partial charge in [-0.25, -0.2) is 0 Å². The van der Waals surface area contributed by atoms with Crippen LogP contribution in [0.25, 0.3) is 0 Å². The highest BCUT2D eigenvalue weighted by Gasteiger charge is 2.03. The first-order chi connectivity index (χ1) is 6.72. The largest absolute Gasteiger partial charge is 0.327 e. The maximum Gasteiger partial charge on any atom is 0.0171 e. The number of aryl methyl sites for hydroxylation is 1. The summed E-state index contributed by atoms with van der Waals surface area (Å²) in [5.41, 5.74) is 8.67. The third-order valence-electron chi connectivity index (χ3n) is 2.15. The van der Waals surface area contributed by atoms with Crippen molar-refractivity contribution in [3.05, 3.63) is 35.4 Å². The van der Waals surface area contributed by atoms with Crippen LogP contribution in [0.4, 0.5) is 0 Å². The van der Waals surface area contributed by atoms with Crippen LogP contribution in [0.2, 0.25) is 0 Å². The summed E-state index contributed by atoms with van der Waals surface area (Å²) in [6, 6.07) is 8.93. The van der Waals surface area contributed by atoms with Crippen molar-refractivity contribution >= 4 is 11.8 Å². The lowest BCUT2D eigenvalue weighted by molar-refractivity contribution is 0.748. The summed E-state index contributed by atoms with van der Waals surface area (Å²) in [6.45, 7) is 4.28. The van der Waals surface area contributed by atoms with Crippen LogP contribution in [-0.4, -0.2) is 17.5 Å². The van der Waals surface area contributed by atoms with Gasteiger partial charge in [0.05, 0.1) is 0 Å². The molecule has 0 aromatic heterocycles. The molecule has 0 bridgehead atoms. The van der Waals surface area contributed by atoms with Gasteiger partial charge in [0.25, 0.3) is 0 Å². The number of nitrogens with two attached hydrogens (primary N) is 1. The quantitative estimate of drug-likeness (QED) is 0.806. The first-order valence-electron chi connectivity index (χ1n) is 5.11. The molecule has 1 rings (SSSR count). The highest BCUT2D eigenvalue weighted by Crippen LogP contribution is 2.08. The first-order valence-corrected chi connectivity index (χ1v) is 6.26. The Hall–Kier alpha value is -0.470. The average molecular weight is 209 g/mol. The molecule has 1 unspecified atom stereocenters. The van der Waals surface area contributed by atoms with E-state index in [4.69, 9.17) is 5.73 Å². The molecular formula is C12H19NS. The molecule has 0 radical (unpaired) electrons. The molecule has 1 nitrogen and oxygen atoms in total. The van der Waals surface area contributed by atoms with Crippen molar-refractivity contribution in [1.29, 1.82) is 0 Å². The standard InChI is InChI=1S/C12H19NS/c1-3-14-9-12(13)8-11-6-4-10(2)5-7-11/h4-7,12H,3,8-9,13H2,1-2H3. The van der Waals surface area contributed by atoms with E-state index in [0.717, 1.165) is 17.9 Å². The number of rotatable bonds is 5. The Morgan fingerprint density at radius 1 is 1.29 bits per heavy atom. The van der Waals surface area contributed by atoms with E-state index in [1.54, 1.807) is 0 Å². The van der Waals surface area contributed by atoms with Crippen LogP contribution < -0.4 is 5.73 Å². The second-order valence-corrected chi connectivity index (χ2v) is 4.93. The molecule has 1 atom stereocenters.